The average Bonchev–Trinajstić information content (AvgIpc) is 3.47. The second-order valence-electron chi connectivity index (χ2n) is 9.42. The van der Waals surface area contributed by atoms with E-state index in [1.54, 1.807) is 6.92 Å². The fraction of sp³-hybridized carbons (Fsp3) is 0.609. The number of aliphatic hydroxyl groups excluding tert-OH is 2. The Kier molecular flexibility index (Phi) is 6.31. The number of nitrogen functional groups attached to an aromatic ring is 1. The zero-order chi connectivity index (χ0) is 24.7. The lowest BCUT2D eigenvalue weighted by Crippen LogP contribution is -2.43. The van der Waals surface area contributed by atoms with Gasteiger partial charge < -0.3 is 30.9 Å². The molecular formula is C23H29N7O5. The minimum atomic E-state index is -1.40. The first kappa shape index (κ1) is 23.5. The molecule has 4 atom stereocenters. The van der Waals surface area contributed by atoms with Crippen LogP contribution in [0.25, 0.3) is 11.2 Å². The monoisotopic (exact) mass is 483 g/mol. The van der Waals surface area contributed by atoms with Gasteiger partial charge in [-0.1, -0.05) is 5.92 Å². The number of nitrogens with zero attached hydrogens (tertiary/aromatic N) is 5. The minimum Gasteiger partial charge on any atom is -0.387 e. The third-order valence-corrected chi connectivity index (χ3v) is 6.79. The summed E-state index contributed by atoms with van der Waals surface area (Å²) in [5.74, 6) is 6.43. The number of amides is 2. The Hall–Kier alpha value is -3.27. The van der Waals surface area contributed by atoms with Gasteiger partial charge in [0, 0.05) is 32.5 Å². The predicted octanol–water partition coefficient (Wildman–Crippen LogP) is -0.694. The Bertz CT molecular complexity index is 1190. The van der Waals surface area contributed by atoms with Crippen molar-refractivity contribution >= 4 is 28.8 Å². The van der Waals surface area contributed by atoms with Crippen LogP contribution in [0.4, 0.5) is 5.82 Å². The first-order valence-corrected chi connectivity index (χ1v) is 11.9. The van der Waals surface area contributed by atoms with Crippen LogP contribution in [0.5, 0.6) is 0 Å². The van der Waals surface area contributed by atoms with Gasteiger partial charge in [-0.05, 0) is 37.5 Å². The van der Waals surface area contributed by atoms with Gasteiger partial charge in [0.05, 0.1) is 6.33 Å². The number of hydrogen-bond acceptors (Lipinski definition) is 9. The quantitative estimate of drug-likeness (QED) is 0.411. The smallest absolute Gasteiger partial charge is 0.252 e. The molecule has 3 fully saturated rings. The number of imidazole rings is 1. The Morgan fingerprint density at radius 1 is 1.20 bits per heavy atom. The van der Waals surface area contributed by atoms with E-state index < -0.39 is 30.4 Å². The molecule has 2 amide bonds. The lowest BCUT2D eigenvalue weighted by Gasteiger charge is -2.30. The van der Waals surface area contributed by atoms with Crippen LogP contribution in [-0.2, 0) is 14.3 Å². The summed E-state index contributed by atoms with van der Waals surface area (Å²) < 4.78 is 7.18. The van der Waals surface area contributed by atoms with Crippen LogP contribution >= 0.6 is 0 Å². The third kappa shape index (κ3) is 4.80. The van der Waals surface area contributed by atoms with Gasteiger partial charge in [-0.3, -0.25) is 14.2 Å². The van der Waals surface area contributed by atoms with Gasteiger partial charge in [-0.25, -0.2) is 15.0 Å². The standard InChI is InChI=1S/C23H29N7O5/c1-12(31)29-9-7-13(8-10-29)3-2-4-15-27-20(24)16-21(28-15)30(11-25-16)23-18(33)17(32)19(35-23)22(34)26-14-5-6-14/h11,13-14,17-19,23,32-33H,3,5-10H2,1H3,(H,26,34)(H2,24,27,28)/t17-,18?,19+,23-/m1/s1. The summed E-state index contributed by atoms with van der Waals surface area (Å²) in [5, 5.41) is 23.8. The van der Waals surface area contributed by atoms with Crippen LogP contribution in [0.2, 0.25) is 0 Å². The van der Waals surface area contributed by atoms with Gasteiger partial charge in [-0.15, -0.1) is 0 Å². The van der Waals surface area contributed by atoms with Crippen molar-refractivity contribution in [2.75, 3.05) is 18.8 Å². The first-order valence-electron chi connectivity index (χ1n) is 11.9. The number of aliphatic hydroxyl groups is 2. The number of aromatic nitrogens is 4. The van der Waals surface area contributed by atoms with Crippen molar-refractivity contribution in [1.82, 2.24) is 29.7 Å². The fourth-order valence-corrected chi connectivity index (χ4v) is 4.52. The average molecular weight is 484 g/mol. The minimum absolute atomic E-state index is 0.0962. The summed E-state index contributed by atoms with van der Waals surface area (Å²) >= 11 is 0. The molecule has 4 heterocycles. The van der Waals surface area contributed by atoms with E-state index in [9.17, 15) is 19.8 Å². The number of fused-ring (bicyclic) bond motifs is 1. The molecule has 3 aliphatic rings. The van der Waals surface area contributed by atoms with Crippen LogP contribution < -0.4 is 11.1 Å². The molecule has 186 valence electrons. The fourth-order valence-electron chi connectivity index (χ4n) is 4.52. The van der Waals surface area contributed by atoms with E-state index in [2.05, 4.69) is 32.1 Å². The highest BCUT2D eigenvalue weighted by Gasteiger charge is 2.48. The van der Waals surface area contributed by atoms with Crippen LogP contribution in [0.3, 0.4) is 0 Å². The van der Waals surface area contributed by atoms with Crippen molar-refractivity contribution in [2.45, 2.75) is 69.6 Å². The maximum Gasteiger partial charge on any atom is 0.252 e. The maximum atomic E-state index is 12.4. The molecular weight excluding hydrogens is 454 g/mol. The van der Waals surface area contributed by atoms with E-state index in [-0.39, 0.29) is 29.2 Å². The van der Waals surface area contributed by atoms with Crippen molar-refractivity contribution in [3.05, 3.63) is 12.2 Å². The molecule has 1 saturated carbocycles. The first-order chi connectivity index (χ1) is 16.8. The predicted molar refractivity (Wildman–Crippen MR) is 123 cm³/mol. The molecule has 35 heavy (non-hydrogen) atoms. The van der Waals surface area contributed by atoms with E-state index in [1.165, 1.54) is 10.9 Å². The molecule has 0 spiro atoms. The van der Waals surface area contributed by atoms with Crippen molar-refractivity contribution in [3.8, 4) is 11.8 Å². The van der Waals surface area contributed by atoms with Crippen LogP contribution in [0, 0.1) is 17.8 Å². The molecule has 1 unspecified atom stereocenters. The number of nitrogens with one attached hydrogen (secondary N) is 1. The number of piperidine rings is 1. The number of ether oxygens (including phenoxy) is 1. The van der Waals surface area contributed by atoms with E-state index in [4.69, 9.17) is 10.5 Å². The topological polar surface area (TPSA) is 169 Å². The van der Waals surface area contributed by atoms with Crippen molar-refractivity contribution in [3.63, 3.8) is 0 Å². The molecule has 12 nitrogen and oxygen atoms in total. The van der Waals surface area contributed by atoms with Gasteiger partial charge in [0.2, 0.25) is 11.7 Å². The zero-order valence-corrected chi connectivity index (χ0v) is 19.4. The van der Waals surface area contributed by atoms with E-state index in [0.717, 1.165) is 38.8 Å². The highest BCUT2D eigenvalue weighted by Crippen LogP contribution is 2.33. The molecule has 0 radical (unpaired) electrons. The Labute approximate surface area is 201 Å². The number of carbonyl (C=O) groups is 2. The molecule has 5 N–H and O–H groups in total. The van der Waals surface area contributed by atoms with Gasteiger partial charge in [0.25, 0.3) is 5.91 Å². The van der Waals surface area contributed by atoms with Crippen LogP contribution in [0.1, 0.15) is 51.1 Å². The molecule has 0 aromatic carbocycles. The summed E-state index contributed by atoms with van der Waals surface area (Å²) in [6, 6.07) is 0.0962. The summed E-state index contributed by atoms with van der Waals surface area (Å²) in [6.45, 7) is 3.07. The normalized spacial score (nSPS) is 27.0. The second-order valence-corrected chi connectivity index (χ2v) is 9.42. The molecule has 12 heteroatoms. The number of rotatable bonds is 4. The lowest BCUT2D eigenvalue weighted by atomic mass is 9.94. The van der Waals surface area contributed by atoms with Crippen molar-refractivity contribution in [2.24, 2.45) is 5.92 Å². The number of carbonyl (C=O) groups excluding carboxylic acids is 2. The van der Waals surface area contributed by atoms with Gasteiger partial charge in [0.1, 0.15) is 17.7 Å². The second kappa shape index (κ2) is 9.41. The van der Waals surface area contributed by atoms with Gasteiger partial charge in [-0.2, -0.15) is 0 Å². The Balaban J connectivity index is 1.31. The summed E-state index contributed by atoms with van der Waals surface area (Å²) in [7, 11) is 0. The number of nitrogens with two attached hydrogens (primary N) is 1. The van der Waals surface area contributed by atoms with Gasteiger partial charge >= 0.3 is 0 Å². The molecule has 2 aromatic heterocycles. The highest BCUT2D eigenvalue weighted by molar-refractivity contribution is 5.83. The zero-order valence-electron chi connectivity index (χ0n) is 19.4. The molecule has 2 aliphatic heterocycles. The third-order valence-electron chi connectivity index (χ3n) is 6.79. The Morgan fingerprint density at radius 3 is 2.63 bits per heavy atom. The van der Waals surface area contributed by atoms with E-state index in [1.807, 2.05) is 4.90 Å². The molecule has 2 saturated heterocycles. The van der Waals surface area contributed by atoms with E-state index >= 15 is 0 Å². The molecule has 5 rings (SSSR count). The Morgan fingerprint density at radius 2 is 1.94 bits per heavy atom. The number of anilines is 1. The van der Waals surface area contributed by atoms with Crippen LogP contribution in [0.15, 0.2) is 6.33 Å². The molecule has 1 aliphatic carbocycles. The number of likely N-dealkylation sites (tertiary alicyclic amines) is 1. The summed E-state index contributed by atoms with van der Waals surface area (Å²) in [4.78, 5) is 38.7. The van der Waals surface area contributed by atoms with Crippen LogP contribution in [-0.4, -0.2) is 83.9 Å². The summed E-state index contributed by atoms with van der Waals surface area (Å²) in [6.07, 6.45) is 0.577. The van der Waals surface area contributed by atoms with Gasteiger partial charge in [0.15, 0.2) is 23.8 Å². The molecule has 2 aromatic rings. The van der Waals surface area contributed by atoms with E-state index in [0.29, 0.717) is 17.9 Å². The van der Waals surface area contributed by atoms with Crippen molar-refractivity contribution < 1.29 is 24.5 Å². The molecule has 0 bridgehead atoms. The van der Waals surface area contributed by atoms with Crippen molar-refractivity contribution in [1.29, 1.82) is 0 Å². The maximum absolute atomic E-state index is 12.4. The highest BCUT2D eigenvalue weighted by atomic mass is 16.6. The summed E-state index contributed by atoms with van der Waals surface area (Å²) in [5.41, 5.74) is 6.67. The SMILES string of the molecule is CC(=O)N1CCC(CC#Cc2nc(N)c3ncn([C@@H]4O[C@H](C(=O)NC5CC5)[C@H](O)C4O)c3n2)CC1. The lowest BCUT2D eigenvalue weighted by molar-refractivity contribution is -0.137. The number of hydrogen-bond donors (Lipinski definition) is 4. The largest absolute Gasteiger partial charge is 0.387 e.